The van der Waals surface area contributed by atoms with Gasteiger partial charge in [-0.2, -0.15) is 15.1 Å². The van der Waals surface area contributed by atoms with Gasteiger partial charge in [-0.3, -0.25) is 0 Å². The van der Waals surface area contributed by atoms with Crippen molar-refractivity contribution in [2.75, 3.05) is 0 Å². The number of rotatable bonds is 1. The zero-order chi connectivity index (χ0) is 15.9. The molecule has 0 unspecified atom stereocenters. The number of nitrogens with zero attached hydrogens (tertiary/aromatic N) is 3. The molecular weight excluding hydrogens is 282 g/mol. The number of ether oxygens (including phenoxy) is 1. The van der Waals surface area contributed by atoms with Crippen LogP contribution in [0.4, 0.5) is 0 Å². The number of benzene rings is 1. The topological polar surface area (TPSA) is 101 Å². The number of hydrogen-bond donors (Lipinski definition) is 2. The number of phenolic OH excluding ortho intramolecular Hbond substituents is 2. The van der Waals surface area contributed by atoms with E-state index in [9.17, 15) is 15.5 Å². The normalized spacial score (nSPS) is 15.0. The molecule has 22 heavy (non-hydrogen) atoms. The van der Waals surface area contributed by atoms with Crippen molar-refractivity contribution in [3.8, 4) is 35.1 Å². The summed E-state index contributed by atoms with van der Waals surface area (Å²) in [7, 11) is 0. The van der Waals surface area contributed by atoms with Gasteiger partial charge in [0.2, 0.25) is 17.2 Å². The van der Waals surface area contributed by atoms with Crippen molar-refractivity contribution in [1.82, 2.24) is 0 Å². The first-order valence-electron chi connectivity index (χ1n) is 6.73. The standard InChI is InChI=1S/C16H11N3O3/c1-2-12-11-5-3-4-6-19(11)13-14(20)9(7-17)10(8-18)15(21)16(13)22-12/h3-6,12H,2H2,1H3,(H-,20,21)/p+1/t12-/m0/s1. The van der Waals surface area contributed by atoms with Gasteiger partial charge in [0.25, 0.3) is 0 Å². The van der Waals surface area contributed by atoms with Gasteiger partial charge in [0, 0.05) is 12.1 Å². The second kappa shape index (κ2) is 4.94. The number of hydrogen-bond acceptors (Lipinski definition) is 5. The van der Waals surface area contributed by atoms with E-state index in [2.05, 4.69) is 0 Å². The molecule has 0 fully saturated rings. The summed E-state index contributed by atoms with van der Waals surface area (Å²) in [5.74, 6) is -0.783. The molecule has 108 valence electrons. The molecule has 2 aromatic rings. The zero-order valence-corrected chi connectivity index (χ0v) is 11.7. The number of pyridine rings is 1. The van der Waals surface area contributed by atoms with E-state index in [1.54, 1.807) is 29.0 Å². The monoisotopic (exact) mass is 294 g/mol. The predicted octanol–water partition coefficient (Wildman–Crippen LogP) is 1.96. The van der Waals surface area contributed by atoms with E-state index in [1.165, 1.54) is 0 Å². The van der Waals surface area contributed by atoms with Crippen LogP contribution < -0.4 is 9.30 Å². The van der Waals surface area contributed by atoms with Crippen LogP contribution in [0.5, 0.6) is 17.2 Å². The summed E-state index contributed by atoms with van der Waals surface area (Å²) < 4.78 is 7.44. The van der Waals surface area contributed by atoms with Gasteiger partial charge in [-0.25, -0.2) is 0 Å². The van der Waals surface area contributed by atoms with Crippen molar-refractivity contribution in [3.63, 3.8) is 0 Å². The van der Waals surface area contributed by atoms with Crippen LogP contribution >= 0.6 is 0 Å². The number of nitriles is 2. The quantitative estimate of drug-likeness (QED) is 0.618. The Bertz CT molecular complexity index is 862. The van der Waals surface area contributed by atoms with Gasteiger partial charge < -0.3 is 14.9 Å². The minimum absolute atomic E-state index is 0.0172. The van der Waals surface area contributed by atoms with Crippen molar-refractivity contribution in [1.29, 1.82) is 10.5 Å². The first-order chi connectivity index (χ1) is 10.6. The molecule has 6 heteroatoms. The first-order valence-corrected chi connectivity index (χ1v) is 6.73. The number of phenols is 2. The van der Waals surface area contributed by atoms with Gasteiger partial charge in [-0.1, -0.05) is 6.92 Å². The highest BCUT2D eigenvalue weighted by Gasteiger charge is 2.40. The van der Waals surface area contributed by atoms with Gasteiger partial charge in [0.1, 0.15) is 23.3 Å². The Morgan fingerprint density at radius 3 is 2.50 bits per heavy atom. The van der Waals surface area contributed by atoms with Gasteiger partial charge in [0.05, 0.1) is 0 Å². The SMILES string of the molecule is CC[C@@H]1Oc2c(O)c(C#N)c(C#N)c(O)c2-[n+]2ccccc21. The summed E-state index contributed by atoms with van der Waals surface area (Å²) in [6.07, 6.45) is 2.04. The van der Waals surface area contributed by atoms with E-state index in [1.807, 2.05) is 19.1 Å². The fourth-order valence-corrected chi connectivity index (χ4v) is 2.66. The fourth-order valence-electron chi connectivity index (χ4n) is 2.66. The molecule has 0 saturated carbocycles. The lowest BCUT2D eigenvalue weighted by Gasteiger charge is -2.23. The van der Waals surface area contributed by atoms with Crippen molar-refractivity contribution in [2.45, 2.75) is 19.4 Å². The maximum absolute atomic E-state index is 10.4. The lowest BCUT2D eigenvalue weighted by atomic mass is 10.0. The van der Waals surface area contributed by atoms with Crippen LogP contribution in [0.25, 0.3) is 5.69 Å². The van der Waals surface area contributed by atoms with Crippen LogP contribution in [0.3, 0.4) is 0 Å². The van der Waals surface area contributed by atoms with Crippen LogP contribution in [-0.4, -0.2) is 10.2 Å². The molecule has 1 aromatic heterocycles. The third kappa shape index (κ3) is 1.68. The molecule has 6 nitrogen and oxygen atoms in total. The van der Waals surface area contributed by atoms with Crippen LogP contribution in [0.2, 0.25) is 0 Å². The number of aromatic nitrogens is 1. The molecule has 0 aliphatic carbocycles. The highest BCUT2D eigenvalue weighted by molar-refractivity contribution is 5.73. The third-order valence-electron chi connectivity index (χ3n) is 3.69. The van der Waals surface area contributed by atoms with Crippen molar-refractivity contribution >= 4 is 0 Å². The lowest BCUT2D eigenvalue weighted by molar-refractivity contribution is -0.615. The molecule has 2 heterocycles. The molecule has 0 bridgehead atoms. The van der Waals surface area contributed by atoms with Gasteiger partial charge >= 0.3 is 5.69 Å². The Labute approximate surface area is 126 Å². The molecule has 1 aliphatic rings. The molecule has 3 rings (SSSR count). The molecule has 1 atom stereocenters. The van der Waals surface area contributed by atoms with Crippen LogP contribution in [-0.2, 0) is 0 Å². The van der Waals surface area contributed by atoms with Gasteiger partial charge in [0.15, 0.2) is 18.1 Å². The third-order valence-corrected chi connectivity index (χ3v) is 3.69. The van der Waals surface area contributed by atoms with Gasteiger partial charge in [-0.15, -0.1) is 0 Å². The van der Waals surface area contributed by atoms with Crippen LogP contribution in [0.15, 0.2) is 24.4 Å². The van der Waals surface area contributed by atoms with Crippen LogP contribution in [0, 0.1) is 22.7 Å². The molecule has 0 radical (unpaired) electrons. The summed E-state index contributed by atoms with van der Waals surface area (Å²) >= 11 is 0. The lowest BCUT2D eigenvalue weighted by Crippen LogP contribution is -2.42. The van der Waals surface area contributed by atoms with E-state index in [0.717, 1.165) is 5.69 Å². The highest BCUT2D eigenvalue weighted by atomic mass is 16.5. The Balaban J connectivity index is 2.44. The Hall–Kier alpha value is -3.25. The molecular formula is C16H12N3O3+. The summed E-state index contributed by atoms with van der Waals surface area (Å²) in [4.78, 5) is 0. The first kappa shape index (κ1) is 13.7. The maximum atomic E-state index is 10.4. The summed E-state index contributed by atoms with van der Waals surface area (Å²) in [5, 5.41) is 39.0. The van der Waals surface area contributed by atoms with Crippen LogP contribution in [0.1, 0.15) is 36.3 Å². The van der Waals surface area contributed by atoms with Crippen molar-refractivity contribution in [3.05, 3.63) is 41.2 Å². The van der Waals surface area contributed by atoms with E-state index >= 15 is 0 Å². The van der Waals surface area contributed by atoms with E-state index in [0.29, 0.717) is 6.42 Å². The minimum Gasteiger partial charge on any atom is -0.503 e. The second-order valence-electron chi connectivity index (χ2n) is 4.86. The Kier molecular flexibility index (Phi) is 3.08. The largest absolute Gasteiger partial charge is 0.503 e. The molecule has 0 amide bonds. The second-order valence-corrected chi connectivity index (χ2v) is 4.86. The van der Waals surface area contributed by atoms with E-state index in [-0.39, 0.29) is 34.4 Å². The summed E-state index contributed by atoms with van der Waals surface area (Å²) in [6, 6.07) is 8.96. The average molecular weight is 294 g/mol. The predicted molar refractivity (Wildman–Crippen MR) is 74.4 cm³/mol. The molecule has 2 N–H and O–H groups in total. The Morgan fingerprint density at radius 1 is 1.18 bits per heavy atom. The highest BCUT2D eigenvalue weighted by Crippen LogP contribution is 2.46. The Morgan fingerprint density at radius 2 is 1.86 bits per heavy atom. The smallest absolute Gasteiger partial charge is 0.300 e. The summed E-state index contributed by atoms with van der Waals surface area (Å²) in [6.45, 7) is 1.93. The number of aromatic hydroxyl groups is 2. The minimum atomic E-state index is -0.424. The average Bonchev–Trinajstić information content (AvgIpc) is 2.56. The molecule has 0 spiro atoms. The molecule has 1 aliphatic heterocycles. The zero-order valence-electron chi connectivity index (χ0n) is 11.7. The van der Waals surface area contributed by atoms with E-state index in [4.69, 9.17) is 10.00 Å². The fraction of sp³-hybridized carbons (Fsp3) is 0.188. The summed E-state index contributed by atoms with van der Waals surface area (Å²) in [5.41, 5.74) is 0.419. The molecule has 1 aromatic carbocycles. The number of fused-ring (bicyclic) bond motifs is 3. The molecule has 0 saturated heterocycles. The van der Waals surface area contributed by atoms with Crippen molar-refractivity contribution < 1.29 is 19.5 Å². The van der Waals surface area contributed by atoms with Crippen molar-refractivity contribution in [2.24, 2.45) is 0 Å². The van der Waals surface area contributed by atoms with E-state index < -0.39 is 5.75 Å². The van der Waals surface area contributed by atoms with Gasteiger partial charge in [-0.05, 0) is 12.5 Å². The maximum Gasteiger partial charge on any atom is 0.300 e.